The molecule has 1 heterocycles. The van der Waals surface area contributed by atoms with Crippen LogP contribution < -0.4 is 22.5 Å². The number of rotatable bonds is 2. The molecular formula is C11H12N4O4. The molecule has 0 spiro atoms. The summed E-state index contributed by atoms with van der Waals surface area (Å²) < 4.78 is 6.09. The molecule has 1 unspecified atom stereocenters. The number of imide groups is 1. The van der Waals surface area contributed by atoms with Crippen molar-refractivity contribution in [2.75, 3.05) is 5.73 Å². The van der Waals surface area contributed by atoms with Crippen molar-refractivity contribution in [1.29, 1.82) is 0 Å². The molecule has 1 aromatic carbocycles. The molecule has 0 aliphatic rings. The number of hydrogen-bond acceptors (Lipinski definition) is 5. The van der Waals surface area contributed by atoms with E-state index in [-0.39, 0.29) is 0 Å². The van der Waals surface area contributed by atoms with Gasteiger partial charge in [-0.3, -0.25) is 14.7 Å². The number of nitrogens with two attached hydrogens (primary N) is 2. The average molecular weight is 264 g/mol. The largest absolute Gasteiger partial charge is 0.420 e. The quantitative estimate of drug-likeness (QED) is 0.653. The van der Waals surface area contributed by atoms with Crippen molar-refractivity contribution in [2.24, 2.45) is 5.73 Å². The summed E-state index contributed by atoms with van der Waals surface area (Å²) in [6.07, 6.45) is 0. The van der Waals surface area contributed by atoms with E-state index < -0.39 is 23.7 Å². The first kappa shape index (κ1) is 12.7. The number of urea groups is 1. The highest BCUT2D eigenvalue weighted by Gasteiger charge is 2.22. The molecule has 0 fully saturated rings. The van der Waals surface area contributed by atoms with Gasteiger partial charge in [-0.15, -0.1) is 0 Å². The molecule has 0 aliphatic carbocycles. The number of primary amides is 1. The molecule has 1 atom stereocenters. The Balaban J connectivity index is 2.52. The van der Waals surface area contributed by atoms with E-state index in [1.807, 2.05) is 5.32 Å². The van der Waals surface area contributed by atoms with Crippen LogP contribution in [0.1, 0.15) is 13.0 Å². The Morgan fingerprint density at radius 3 is 2.74 bits per heavy atom. The zero-order valence-corrected chi connectivity index (χ0v) is 10.0. The minimum atomic E-state index is -0.989. The van der Waals surface area contributed by atoms with Crippen LogP contribution in [0.5, 0.6) is 0 Å². The zero-order valence-electron chi connectivity index (χ0n) is 10.0. The third-order valence-corrected chi connectivity index (χ3v) is 2.65. The maximum atomic E-state index is 11.7. The van der Waals surface area contributed by atoms with Crippen LogP contribution in [0.15, 0.2) is 27.4 Å². The first-order chi connectivity index (χ1) is 8.90. The smallest absolute Gasteiger partial charge is 0.408 e. The Hall–Kier alpha value is -2.77. The summed E-state index contributed by atoms with van der Waals surface area (Å²) in [6.45, 7) is 1.44. The number of nitrogens with one attached hydrogen (secondary N) is 1. The van der Waals surface area contributed by atoms with E-state index in [1.54, 1.807) is 6.07 Å². The van der Waals surface area contributed by atoms with E-state index in [2.05, 4.69) is 0 Å². The van der Waals surface area contributed by atoms with Crippen molar-refractivity contribution in [3.63, 3.8) is 0 Å². The molecule has 5 N–H and O–H groups in total. The summed E-state index contributed by atoms with van der Waals surface area (Å²) in [5.41, 5.74) is 11.6. The van der Waals surface area contributed by atoms with Gasteiger partial charge in [0.1, 0.15) is 6.04 Å². The summed E-state index contributed by atoms with van der Waals surface area (Å²) >= 11 is 0. The maximum absolute atomic E-state index is 11.7. The molecule has 0 saturated carbocycles. The molecule has 0 aliphatic heterocycles. The fourth-order valence-electron chi connectivity index (χ4n) is 1.76. The molecule has 1 aromatic heterocycles. The van der Waals surface area contributed by atoms with Crippen LogP contribution in [0.4, 0.5) is 10.5 Å². The van der Waals surface area contributed by atoms with Crippen molar-refractivity contribution in [3.8, 4) is 0 Å². The highest BCUT2D eigenvalue weighted by molar-refractivity contribution is 5.96. The van der Waals surface area contributed by atoms with Crippen LogP contribution in [0.2, 0.25) is 0 Å². The second kappa shape index (κ2) is 4.48. The minimum Gasteiger partial charge on any atom is -0.408 e. The number of amides is 3. The number of fused-ring (bicyclic) bond motifs is 1. The third-order valence-electron chi connectivity index (χ3n) is 2.65. The summed E-state index contributed by atoms with van der Waals surface area (Å²) in [6, 6.07) is 2.67. The number of oxazole rings is 1. The Morgan fingerprint density at radius 2 is 2.11 bits per heavy atom. The van der Waals surface area contributed by atoms with Crippen LogP contribution >= 0.6 is 0 Å². The molecule has 0 saturated heterocycles. The second-order valence-corrected chi connectivity index (χ2v) is 3.99. The number of carbonyl (C=O) groups is 2. The van der Waals surface area contributed by atoms with Crippen molar-refractivity contribution in [2.45, 2.75) is 13.0 Å². The first-order valence-electron chi connectivity index (χ1n) is 5.41. The Bertz CT molecular complexity index is 715. The third kappa shape index (κ3) is 2.28. The number of nitrogens with zero attached hydrogens (tertiary/aromatic N) is 1. The van der Waals surface area contributed by atoms with Crippen LogP contribution in [0.25, 0.3) is 11.1 Å². The van der Waals surface area contributed by atoms with Crippen molar-refractivity contribution in [3.05, 3.63) is 28.7 Å². The first-order valence-corrected chi connectivity index (χ1v) is 5.41. The van der Waals surface area contributed by atoms with Crippen molar-refractivity contribution >= 4 is 28.7 Å². The minimum absolute atomic E-state index is 0.304. The van der Waals surface area contributed by atoms with E-state index in [9.17, 15) is 14.4 Å². The molecule has 100 valence electrons. The van der Waals surface area contributed by atoms with Crippen molar-refractivity contribution < 1.29 is 14.0 Å². The van der Waals surface area contributed by atoms with Gasteiger partial charge >= 0.3 is 11.8 Å². The standard InChI is InChI=1S/C11H12N4O4/c1-5(9(16)14-10(13)17)15-7-4-6(12)2-3-8(7)19-11(15)18/h2-5H,12H2,1H3,(H3,13,14,16,17). The monoisotopic (exact) mass is 264 g/mol. The lowest BCUT2D eigenvalue weighted by atomic mass is 10.2. The second-order valence-electron chi connectivity index (χ2n) is 3.99. The molecule has 2 rings (SSSR count). The molecule has 2 aromatic rings. The van der Waals surface area contributed by atoms with Crippen LogP contribution in [-0.4, -0.2) is 16.5 Å². The molecule has 3 amide bonds. The molecule has 19 heavy (non-hydrogen) atoms. The zero-order chi connectivity index (χ0) is 14.2. The molecule has 8 nitrogen and oxygen atoms in total. The number of nitrogen functional groups attached to an aromatic ring is 1. The van der Waals surface area contributed by atoms with Gasteiger partial charge < -0.3 is 15.9 Å². The Morgan fingerprint density at radius 1 is 1.42 bits per heavy atom. The normalized spacial score (nSPS) is 12.3. The van der Waals surface area contributed by atoms with Crippen LogP contribution in [0, 0.1) is 0 Å². The lowest BCUT2D eigenvalue weighted by Crippen LogP contribution is -2.40. The van der Waals surface area contributed by atoms with E-state index in [0.29, 0.717) is 16.8 Å². The Kier molecular flexibility index (Phi) is 2.99. The fraction of sp³-hybridized carbons (Fsp3) is 0.182. The van der Waals surface area contributed by atoms with Crippen molar-refractivity contribution in [1.82, 2.24) is 9.88 Å². The number of carbonyl (C=O) groups excluding carboxylic acids is 2. The summed E-state index contributed by atoms with van der Waals surface area (Å²) in [7, 11) is 0. The highest BCUT2D eigenvalue weighted by Crippen LogP contribution is 2.19. The fourth-order valence-corrected chi connectivity index (χ4v) is 1.76. The van der Waals surface area contributed by atoms with E-state index in [4.69, 9.17) is 15.9 Å². The Labute approximate surface area is 107 Å². The lowest BCUT2D eigenvalue weighted by molar-refractivity contribution is -0.122. The van der Waals surface area contributed by atoms with Gasteiger partial charge in [0, 0.05) is 5.69 Å². The topological polar surface area (TPSA) is 133 Å². The van der Waals surface area contributed by atoms with Gasteiger partial charge in [0.2, 0.25) is 0 Å². The predicted molar refractivity (Wildman–Crippen MR) is 67.3 cm³/mol. The SMILES string of the molecule is CC(C(=O)NC(N)=O)n1c(=O)oc2ccc(N)cc21. The van der Waals surface area contributed by atoms with Gasteiger partial charge in [-0.05, 0) is 25.1 Å². The summed E-state index contributed by atoms with van der Waals surface area (Å²) in [4.78, 5) is 34.1. The van der Waals surface area contributed by atoms with Gasteiger partial charge in [0.15, 0.2) is 5.58 Å². The van der Waals surface area contributed by atoms with Gasteiger partial charge in [0.05, 0.1) is 5.52 Å². The number of hydrogen-bond donors (Lipinski definition) is 3. The van der Waals surface area contributed by atoms with Gasteiger partial charge in [0.25, 0.3) is 5.91 Å². The summed E-state index contributed by atoms with van der Waals surface area (Å²) in [5.74, 6) is -1.42. The van der Waals surface area contributed by atoms with E-state index >= 15 is 0 Å². The molecule has 0 radical (unpaired) electrons. The molecule has 8 heteroatoms. The van der Waals surface area contributed by atoms with Gasteiger partial charge in [-0.2, -0.15) is 0 Å². The predicted octanol–water partition coefficient (Wildman–Crippen LogP) is -0.0674. The van der Waals surface area contributed by atoms with E-state index in [1.165, 1.54) is 19.1 Å². The maximum Gasteiger partial charge on any atom is 0.420 e. The van der Waals surface area contributed by atoms with Crippen LogP contribution in [-0.2, 0) is 4.79 Å². The van der Waals surface area contributed by atoms with E-state index in [0.717, 1.165) is 4.57 Å². The summed E-state index contributed by atoms with van der Waals surface area (Å²) in [5, 5.41) is 1.90. The number of benzene rings is 1. The average Bonchev–Trinajstić information content (AvgIpc) is 2.62. The lowest BCUT2D eigenvalue weighted by Gasteiger charge is -2.11. The van der Waals surface area contributed by atoms with Gasteiger partial charge in [-0.25, -0.2) is 9.59 Å². The number of aromatic nitrogens is 1. The molecule has 0 bridgehead atoms. The molecular weight excluding hydrogens is 252 g/mol. The number of anilines is 1. The van der Waals surface area contributed by atoms with Crippen LogP contribution in [0.3, 0.4) is 0 Å². The van der Waals surface area contributed by atoms with Gasteiger partial charge in [-0.1, -0.05) is 0 Å². The highest BCUT2D eigenvalue weighted by atomic mass is 16.4.